The van der Waals surface area contributed by atoms with Gasteiger partial charge in [0.2, 0.25) is 0 Å². The summed E-state index contributed by atoms with van der Waals surface area (Å²) in [4.78, 5) is 8.74. The highest BCUT2D eigenvalue weighted by atomic mass is 32.1. The normalized spacial score (nSPS) is 19.3. The SMILES string of the molecule is c1nc2ccc(-c3nc(C4CCOC4)no3)cc2s1. The van der Waals surface area contributed by atoms with E-state index in [2.05, 4.69) is 15.1 Å². The first-order chi connectivity index (χ1) is 9.40. The minimum atomic E-state index is 0.268. The summed E-state index contributed by atoms with van der Waals surface area (Å²) >= 11 is 1.61. The molecule has 3 aromatic rings. The van der Waals surface area contributed by atoms with Gasteiger partial charge in [-0.2, -0.15) is 4.98 Å². The number of benzene rings is 1. The number of hydrogen-bond donors (Lipinski definition) is 0. The number of hydrogen-bond acceptors (Lipinski definition) is 6. The first kappa shape index (κ1) is 11.1. The van der Waals surface area contributed by atoms with E-state index in [0.29, 0.717) is 12.5 Å². The fraction of sp³-hybridized carbons (Fsp3) is 0.308. The van der Waals surface area contributed by atoms with Crippen LogP contribution in [0.25, 0.3) is 21.7 Å². The van der Waals surface area contributed by atoms with E-state index in [-0.39, 0.29) is 5.92 Å². The minimum absolute atomic E-state index is 0.268. The molecule has 0 N–H and O–H groups in total. The van der Waals surface area contributed by atoms with Crippen molar-refractivity contribution < 1.29 is 9.26 Å². The van der Waals surface area contributed by atoms with Gasteiger partial charge in [0, 0.05) is 18.1 Å². The van der Waals surface area contributed by atoms with Crippen LogP contribution >= 0.6 is 11.3 Å². The fourth-order valence-corrected chi connectivity index (χ4v) is 2.96. The molecule has 0 amide bonds. The summed E-state index contributed by atoms with van der Waals surface area (Å²) in [7, 11) is 0. The van der Waals surface area contributed by atoms with E-state index >= 15 is 0 Å². The second kappa shape index (κ2) is 4.40. The van der Waals surface area contributed by atoms with Crippen LogP contribution in [0, 0.1) is 0 Å². The quantitative estimate of drug-likeness (QED) is 0.718. The topological polar surface area (TPSA) is 61.0 Å². The summed E-state index contributed by atoms with van der Waals surface area (Å²) < 4.78 is 11.8. The smallest absolute Gasteiger partial charge is 0.257 e. The van der Waals surface area contributed by atoms with Gasteiger partial charge in [0.05, 0.1) is 22.3 Å². The highest BCUT2D eigenvalue weighted by Crippen LogP contribution is 2.28. The zero-order valence-electron chi connectivity index (χ0n) is 10.1. The van der Waals surface area contributed by atoms with Crippen molar-refractivity contribution in [3.63, 3.8) is 0 Å². The van der Waals surface area contributed by atoms with Crippen LogP contribution in [0.3, 0.4) is 0 Å². The lowest BCUT2D eigenvalue weighted by Crippen LogP contribution is -1.99. The molecule has 5 nitrogen and oxygen atoms in total. The third-order valence-corrected chi connectivity index (χ3v) is 4.11. The predicted molar refractivity (Wildman–Crippen MR) is 71.1 cm³/mol. The molecule has 0 radical (unpaired) electrons. The Morgan fingerprint density at radius 3 is 3.21 bits per heavy atom. The Labute approximate surface area is 113 Å². The molecule has 1 unspecified atom stereocenters. The molecule has 1 saturated heterocycles. The Balaban J connectivity index is 1.70. The molecule has 0 spiro atoms. The van der Waals surface area contributed by atoms with Crippen molar-refractivity contribution in [1.82, 2.24) is 15.1 Å². The third kappa shape index (κ3) is 1.93. The van der Waals surface area contributed by atoms with E-state index in [9.17, 15) is 0 Å². The molecule has 1 fully saturated rings. The van der Waals surface area contributed by atoms with Crippen LogP contribution < -0.4 is 0 Å². The molecule has 1 aliphatic rings. The third-order valence-electron chi connectivity index (χ3n) is 3.31. The number of ether oxygens (including phenoxy) is 1. The van der Waals surface area contributed by atoms with E-state index in [0.717, 1.165) is 34.6 Å². The first-order valence-corrected chi connectivity index (χ1v) is 7.03. The lowest BCUT2D eigenvalue weighted by molar-refractivity contribution is 0.192. The van der Waals surface area contributed by atoms with Crippen LogP contribution in [0.5, 0.6) is 0 Å². The largest absolute Gasteiger partial charge is 0.381 e. The number of aromatic nitrogens is 3. The summed E-state index contributed by atoms with van der Waals surface area (Å²) in [5, 5.41) is 4.06. The van der Waals surface area contributed by atoms with Gasteiger partial charge in [0.15, 0.2) is 5.82 Å². The second-order valence-electron chi connectivity index (χ2n) is 4.55. The highest BCUT2D eigenvalue weighted by molar-refractivity contribution is 7.16. The van der Waals surface area contributed by atoms with Crippen LogP contribution in [0.2, 0.25) is 0 Å². The van der Waals surface area contributed by atoms with Crippen LogP contribution in [0.4, 0.5) is 0 Å². The molecule has 2 aromatic heterocycles. The van der Waals surface area contributed by atoms with Gasteiger partial charge in [0.1, 0.15) is 0 Å². The summed E-state index contributed by atoms with van der Waals surface area (Å²) in [6.45, 7) is 1.47. The van der Waals surface area contributed by atoms with E-state index in [4.69, 9.17) is 9.26 Å². The molecule has 3 heterocycles. The molecular weight excluding hydrogens is 262 g/mol. The Morgan fingerprint density at radius 1 is 1.32 bits per heavy atom. The summed E-state index contributed by atoms with van der Waals surface area (Å²) in [5.41, 5.74) is 3.77. The van der Waals surface area contributed by atoms with Crippen molar-refractivity contribution in [2.24, 2.45) is 0 Å². The molecule has 1 aliphatic heterocycles. The summed E-state index contributed by atoms with van der Waals surface area (Å²) in [6, 6.07) is 5.98. The van der Waals surface area contributed by atoms with Gasteiger partial charge in [-0.25, -0.2) is 4.98 Å². The standard InChI is InChI=1S/C13H11N3O2S/c1-2-10-11(19-7-14-10)5-8(1)13-15-12(16-18-13)9-3-4-17-6-9/h1-2,5,7,9H,3-4,6H2. The molecule has 1 aromatic carbocycles. The molecule has 4 rings (SSSR count). The van der Waals surface area contributed by atoms with Crippen molar-refractivity contribution in [3.8, 4) is 11.5 Å². The molecule has 0 saturated carbocycles. The van der Waals surface area contributed by atoms with Crippen LogP contribution in [0.1, 0.15) is 18.2 Å². The average molecular weight is 273 g/mol. The predicted octanol–water partition coefficient (Wildman–Crippen LogP) is 2.85. The Bertz CT molecular complexity index is 715. The zero-order chi connectivity index (χ0) is 12.7. The van der Waals surface area contributed by atoms with Crippen molar-refractivity contribution >= 4 is 21.6 Å². The minimum Gasteiger partial charge on any atom is -0.381 e. The van der Waals surface area contributed by atoms with Crippen molar-refractivity contribution in [1.29, 1.82) is 0 Å². The van der Waals surface area contributed by atoms with Gasteiger partial charge in [-0.3, -0.25) is 0 Å². The van der Waals surface area contributed by atoms with Gasteiger partial charge < -0.3 is 9.26 Å². The molecule has 19 heavy (non-hydrogen) atoms. The molecular formula is C13H11N3O2S. The van der Waals surface area contributed by atoms with E-state index in [1.165, 1.54) is 0 Å². The maximum absolute atomic E-state index is 5.36. The molecule has 96 valence electrons. The Hall–Kier alpha value is -1.79. The zero-order valence-corrected chi connectivity index (χ0v) is 10.9. The van der Waals surface area contributed by atoms with E-state index in [1.807, 2.05) is 23.7 Å². The second-order valence-corrected chi connectivity index (χ2v) is 5.44. The Kier molecular flexibility index (Phi) is 2.56. The summed E-state index contributed by atoms with van der Waals surface area (Å²) in [5.74, 6) is 1.58. The van der Waals surface area contributed by atoms with Crippen molar-refractivity contribution in [3.05, 3.63) is 29.5 Å². The fourth-order valence-electron chi connectivity index (χ4n) is 2.24. The molecule has 1 atom stereocenters. The summed E-state index contributed by atoms with van der Waals surface area (Å²) in [6.07, 6.45) is 0.965. The lowest BCUT2D eigenvalue weighted by atomic mass is 10.1. The maximum atomic E-state index is 5.36. The molecule has 6 heteroatoms. The first-order valence-electron chi connectivity index (χ1n) is 6.15. The lowest BCUT2D eigenvalue weighted by Gasteiger charge is -1.97. The number of rotatable bonds is 2. The van der Waals surface area contributed by atoms with Gasteiger partial charge in [-0.05, 0) is 24.6 Å². The van der Waals surface area contributed by atoms with Crippen molar-refractivity contribution in [2.75, 3.05) is 13.2 Å². The van der Waals surface area contributed by atoms with Crippen molar-refractivity contribution in [2.45, 2.75) is 12.3 Å². The maximum Gasteiger partial charge on any atom is 0.257 e. The van der Waals surface area contributed by atoms with Gasteiger partial charge >= 0.3 is 0 Å². The van der Waals surface area contributed by atoms with Gasteiger partial charge in [0.25, 0.3) is 5.89 Å². The monoisotopic (exact) mass is 273 g/mol. The molecule has 0 aliphatic carbocycles. The van der Waals surface area contributed by atoms with Crippen LogP contribution in [0.15, 0.2) is 28.2 Å². The number of nitrogens with zero attached hydrogens (tertiary/aromatic N) is 3. The van der Waals surface area contributed by atoms with Gasteiger partial charge in [-0.1, -0.05) is 5.16 Å². The number of thiazole rings is 1. The molecule has 0 bridgehead atoms. The van der Waals surface area contributed by atoms with E-state index < -0.39 is 0 Å². The Morgan fingerprint density at radius 2 is 2.32 bits per heavy atom. The van der Waals surface area contributed by atoms with Gasteiger partial charge in [-0.15, -0.1) is 11.3 Å². The number of fused-ring (bicyclic) bond motifs is 1. The van der Waals surface area contributed by atoms with Crippen LogP contribution in [-0.2, 0) is 4.74 Å². The van der Waals surface area contributed by atoms with Crippen LogP contribution in [-0.4, -0.2) is 28.3 Å². The van der Waals surface area contributed by atoms with E-state index in [1.54, 1.807) is 11.3 Å². The average Bonchev–Trinajstić information content (AvgIpc) is 3.18. The highest BCUT2D eigenvalue weighted by Gasteiger charge is 2.23.